The number of rotatable bonds is 3. The molecule has 0 atom stereocenters. The lowest BCUT2D eigenvalue weighted by atomic mass is 9.83. The van der Waals surface area contributed by atoms with Gasteiger partial charge in [-0.2, -0.15) is 0 Å². The van der Waals surface area contributed by atoms with Crippen molar-refractivity contribution in [2.45, 2.75) is 33.1 Å². The molecule has 0 N–H and O–H groups in total. The van der Waals surface area contributed by atoms with Gasteiger partial charge in [0.05, 0.1) is 0 Å². The van der Waals surface area contributed by atoms with Gasteiger partial charge in [0.25, 0.3) is 0 Å². The minimum Gasteiger partial charge on any atom is -0.0805 e. The van der Waals surface area contributed by atoms with Crippen molar-refractivity contribution < 1.29 is 0 Å². The van der Waals surface area contributed by atoms with Crippen LogP contribution in [0.5, 0.6) is 0 Å². The van der Waals surface area contributed by atoms with E-state index in [-0.39, 0.29) is 0 Å². The fourth-order valence-electron chi connectivity index (χ4n) is 1.98. The van der Waals surface area contributed by atoms with Crippen molar-refractivity contribution in [2.24, 2.45) is 5.41 Å². The molecular formula is C16H20. The van der Waals surface area contributed by atoms with E-state index >= 15 is 0 Å². The number of allylic oxidation sites excluding steroid dienone is 4. The first-order valence-corrected chi connectivity index (χ1v) is 6.08. The molecule has 1 aliphatic carbocycles. The molecule has 16 heavy (non-hydrogen) atoms. The molecule has 0 spiro atoms. The standard InChI is InChI=1S/C16H20/c1-16(2)12-10-15(11-13-16)9-8-14-6-4-3-5-7-14/h3-7,10-12H,8-9,13H2,1-2H3. The van der Waals surface area contributed by atoms with Crippen molar-refractivity contribution >= 4 is 0 Å². The summed E-state index contributed by atoms with van der Waals surface area (Å²) >= 11 is 0. The van der Waals surface area contributed by atoms with Gasteiger partial charge in [-0.3, -0.25) is 0 Å². The lowest BCUT2D eigenvalue weighted by Gasteiger charge is -2.22. The van der Waals surface area contributed by atoms with Crippen molar-refractivity contribution in [2.75, 3.05) is 0 Å². The van der Waals surface area contributed by atoms with E-state index in [1.165, 1.54) is 17.6 Å². The third-order valence-corrected chi connectivity index (χ3v) is 3.18. The highest BCUT2D eigenvalue weighted by atomic mass is 14.2. The zero-order valence-electron chi connectivity index (χ0n) is 10.2. The van der Waals surface area contributed by atoms with Crippen LogP contribution in [0.4, 0.5) is 0 Å². The number of hydrogen-bond acceptors (Lipinski definition) is 0. The molecule has 0 fully saturated rings. The second kappa shape index (κ2) is 4.69. The highest BCUT2D eigenvalue weighted by Crippen LogP contribution is 2.29. The average molecular weight is 212 g/mol. The van der Waals surface area contributed by atoms with E-state index < -0.39 is 0 Å². The third kappa shape index (κ3) is 3.10. The Kier molecular flexibility index (Phi) is 3.28. The van der Waals surface area contributed by atoms with Gasteiger partial charge in [0.1, 0.15) is 0 Å². The molecule has 1 aromatic carbocycles. The summed E-state index contributed by atoms with van der Waals surface area (Å²) < 4.78 is 0. The lowest BCUT2D eigenvalue weighted by Crippen LogP contribution is -2.09. The van der Waals surface area contributed by atoms with Crippen LogP contribution in [0.3, 0.4) is 0 Å². The van der Waals surface area contributed by atoms with E-state index in [0.717, 1.165) is 12.8 Å². The molecule has 0 aromatic heterocycles. The summed E-state index contributed by atoms with van der Waals surface area (Å²) in [4.78, 5) is 0. The molecule has 0 saturated carbocycles. The number of aryl methyl sites for hydroxylation is 1. The van der Waals surface area contributed by atoms with Crippen LogP contribution in [-0.4, -0.2) is 0 Å². The first-order valence-electron chi connectivity index (χ1n) is 6.08. The maximum atomic E-state index is 2.39. The number of hydrogen-bond donors (Lipinski definition) is 0. The topological polar surface area (TPSA) is 0 Å². The molecule has 0 heterocycles. The zero-order chi connectivity index (χ0) is 11.4. The molecule has 1 aromatic rings. The predicted octanol–water partition coefficient (Wildman–Crippen LogP) is 4.53. The van der Waals surface area contributed by atoms with Crippen LogP contribution in [0.1, 0.15) is 32.3 Å². The predicted molar refractivity (Wildman–Crippen MR) is 70.4 cm³/mol. The molecule has 0 amide bonds. The first kappa shape index (κ1) is 11.2. The van der Waals surface area contributed by atoms with Crippen molar-refractivity contribution in [1.29, 1.82) is 0 Å². The van der Waals surface area contributed by atoms with Crippen molar-refractivity contribution in [1.82, 2.24) is 0 Å². The van der Waals surface area contributed by atoms with Crippen molar-refractivity contribution in [3.05, 3.63) is 59.7 Å². The van der Waals surface area contributed by atoms with E-state index in [9.17, 15) is 0 Å². The summed E-state index contributed by atoms with van der Waals surface area (Å²) in [6.45, 7) is 4.57. The number of benzene rings is 1. The van der Waals surface area contributed by atoms with E-state index in [4.69, 9.17) is 0 Å². The maximum absolute atomic E-state index is 2.39. The molecule has 0 heteroatoms. The molecule has 0 unspecified atom stereocenters. The van der Waals surface area contributed by atoms with Crippen molar-refractivity contribution in [3.63, 3.8) is 0 Å². The maximum Gasteiger partial charge on any atom is -0.0137 e. The zero-order valence-corrected chi connectivity index (χ0v) is 10.2. The minimum absolute atomic E-state index is 0.357. The van der Waals surface area contributed by atoms with Gasteiger partial charge in [-0.15, -0.1) is 0 Å². The van der Waals surface area contributed by atoms with Gasteiger partial charge in [-0.05, 0) is 30.2 Å². The summed E-state index contributed by atoms with van der Waals surface area (Å²) in [5.41, 5.74) is 3.28. The summed E-state index contributed by atoms with van der Waals surface area (Å²) in [7, 11) is 0. The molecule has 0 bridgehead atoms. The summed E-state index contributed by atoms with van der Waals surface area (Å²) in [6.07, 6.45) is 10.5. The average Bonchev–Trinajstić information content (AvgIpc) is 2.29. The van der Waals surface area contributed by atoms with Crippen LogP contribution >= 0.6 is 0 Å². The lowest BCUT2D eigenvalue weighted by molar-refractivity contribution is 0.480. The fourth-order valence-corrected chi connectivity index (χ4v) is 1.98. The minimum atomic E-state index is 0.357. The summed E-state index contributed by atoms with van der Waals surface area (Å²) in [5, 5.41) is 0. The quantitative estimate of drug-likeness (QED) is 0.690. The molecule has 0 radical (unpaired) electrons. The second-order valence-corrected chi connectivity index (χ2v) is 5.29. The second-order valence-electron chi connectivity index (χ2n) is 5.29. The molecule has 0 aliphatic heterocycles. The Hall–Kier alpha value is -1.30. The monoisotopic (exact) mass is 212 g/mol. The van der Waals surface area contributed by atoms with Crippen molar-refractivity contribution in [3.8, 4) is 0 Å². The van der Waals surface area contributed by atoms with E-state index in [2.05, 4.69) is 62.4 Å². The Bertz CT molecular complexity index is 393. The molecule has 0 saturated heterocycles. The van der Waals surface area contributed by atoms with Gasteiger partial charge < -0.3 is 0 Å². The van der Waals surface area contributed by atoms with Gasteiger partial charge in [-0.25, -0.2) is 0 Å². The SMILES string of the molecule is CC1(C)C=CC(CCc2ccccc2)=CC1. The van der Waals surface area contributed by atoms with Crippen LogP contribution in [0, 0.1) is 5.41 Å². The smallest absolute Gasteiger partial charge is 0.0137 e. The first-order chi connectivity index (χ1) is 7.66. The molecule has 1 aliphatic rings. The van der Waals surface area contributed by atoms with Crippen LogP contribution in [-0.2, 0) is 6.42 Å². The Balaban J connectivity index is 1.89. The van der Waals surface area contributed by atoms with Gasteiger partial charge in [0.15, 0.2) is 0 Å². The molecule has 84 valence electrons. The summed E-state index contributed by atoms with van der Waals surface area (Å²) in [6, 6.07) is 10.7. The molecule has 2 rings (SSSR count). The highest BCUT2D eigenvalue weighted by Gasteiger charge is 2.15. The van der Waals surface area contributed by atoms with Gasteiger partial charge in [-0.1, -0.05) is 68.0 Å². The van der Waals surface area contributed by atoms with Crippen LogP contribution in [0.15, 0.2) is 54.1 Å². The van der Waals surface area contributed by atoms with E-state index in [0.29, 0.717) is 5.41 Å². The fraction of sp³-hybridized carbons (Fsp3) is 0.375. The highest BCUT2D eigenvalue weighted by molar-refractivity contribution is 5.27. The van der Waals surface area contributed by atoms with E-state index in [1.54, 1.807) is 0 Å². The Morgan fingerprint density at radius 3 is 2.44 bits per heavy atom. The molecule has 0 nitrogen and oxygen atoms in total. The summed E-state index contributed by atoms with van der Waals surface area (Å²) in [5.74, 6) is 0. The normalized spacial score (nSPS) is 18.2. The van der Waals surface area contributed by atoms with Crippen LogP contribution in [0.2, 0.25) is 0 Å². The Labute approximate surface area is 98.7 Å². The van der Waals surface area contributed by atoms with Crippen LogP contribution < -0.4 is 0 Å². The van der Waals surface area contributed by atoms with Gasteiger partial charge in [0, 0.05) is 0 Å². The Morgan fingerprint density at radius 2 is 1.81 bits per heavy atom. The van der Waals surface area contributed by atoms with E-state index in [1.807, 2.05) is 0 Å². The van der Waals surface area contributed by atoms with Crippen LogP contribution in [0.25, 0.3) is 0 Å². The largest absolute Gasteiger partial charge is 0.0805 e. The molecular weight excluding hydrogens is 192 g/mol. The van der Waals surface area contributed by atoms with Gasteiger partial charge in [0.2, 0.25) is 0 Å². The third-order valence-electron chi connectivity index (χ3n) is 3.18. The van der Waals surface area contributed by atoms with Gasteiger partial charge >= 0.3 is 0 Å². The Morgan fingerprint density at radius 1 is 1.06 bits per heavy atom.